The quantitative estimate of drug-likeness (QED) is 0.245. The summed E-state index contributed by atoms with van der Waals surface area (Å²) in [6.07, 6.45) is 2.21. The Morgan fingerprint density at radius 3 is 2.82 bits per heavy atom. The summed E-state index contributed by atoms with van der Waals surface area (Å²) in [6.45, 7) is 2.47. The van der Waals surface area contributed by atoms with Crippen LogP contribution in [0.5, 0.6) is 5.75 Å². The SMILES string of the molecule is CCCOc1cccc(/C(O)=C2\C(=O)C(=O)N(c3nc4ccc(F)cc4[nH]3)C2c2ccco2)c1. The van der Waals surface area contributed by atoms with Crippen molar-refractivity contribution < 1.29 is 28.2 Å². The second-order valence-corrected chi connectivity index (χ2v) is 7.78. The predicted molar refractivity (Wildman–Crippen MR) is 122 cm³/mol. The van der Waals surface area contributed by atoms with E-state index in [1.807, 2.05) is 6.92 Å². The lowest BCUT2D eigenvalue weighted by Crippen LogP contribution is -2.30. The van der Waals surface area contributed by atoms with Gasteiger partial charge in [-0.25, -0.2) is 9.37 Å². The van der Waals surface area contributed by atoms with Crippen molar-refractivity contribution in [2.45, 2.75) is 19.4 Å². The van der Waals surface area contributed by atoms with Crippen molar-refractivity contribution in [2.75, 3.05) is 11.5 Å². The van der Waals surface area contributed by atoms with Gasteiger partial charge in [0.25, 0.3) is 5.78 Å². The lowest BCUT2D eigenvalue weighted by Gasteiger charge is -2.20. The number of aromatic amines is 1. The zero-order valence-electron chi connectivity index (χ0n) is 18.1. The van der Waals surface area contributed by atoms with Crippen molar-refractivity contribution in [1.29, 1.82) is 0 Å². The molecule has 1 aliphatic heterocycles. The van der Waals surface area contributed by atoms with Crippen LogP contribution in [-0.2, 0) is 9.59 Å². The van der Waals surface area contributed by atoms with Crippen molar-refractivity contribution >= 4 is 34.4 Å². The highest BCUT2D eigenvalue weighted by Crippen LogP contribution is 2.42. The second-order valence-electron chi connectivity index (χ2n) is 7.78. The van der Waals surface area contributed by atoms with E-state index < -0.39 is 23.5 Å². The third kappa shape index (κ3) is 3.61. The summed E-state index contributed by atoms with van der Waals surface area (Å²) < 4.78 is 24.8. The second kappa shape index (κ2) is 8.51. The Morgan fingerprint density at radius 1 is 1.21 bits per heavy atom. The number of amides is 1. The number of benzene rings is 2. The van der Waals surface area contributed by atoms with E-state index in [9.17, 15) is 19.1 Å². The van der Waals surface area contributed by atoms with Gasteiger partial charge < -0.3 is 19.2 Å². The molecule has 1 atom stereocenters. The first-order chi connectivity index (χ1) is 16.5. The van der Waals surface area contributed by atoms with Gasteiger partial charge in [-0.15, -0.1) is 0 Å². The first kappa shape index (κ1) is 21.4. The first-order valence-electron chi connectivity index (χ1n) is 10.7. The van der Waals surface area contributed by atoms with Crippen LogP contribution in [-0.4, -0.2) is 33.4 Å². The number of H-pyrrole nitrogens is 1. The Labute approximate surface area is 193 Å². The molecule has 0 radical (unpaired) electrons. The molecule has 1 saturated heterocycles. The van der Waals surface area contributed by atoms with E-state index >= 15 is 0 Å². The largest absolute Gasteiger partial charge is 0.507 e. The van der Waals surface area contributed by atoms with Gasteiger partial charge in [0, 0.05) is 5.56 Å². The molecule has 3 heterocycles. The summed E-state index contributed by atoms with van der Waals surface area (Å²) in [7, 11) is 0. The number of aliphatic hydroxyl groups is 1. The van der Waals surface area contributed by atoms with Crippen molar-refractivity contribution in [3.8, 4) is 5.75 Å². The van der Waals surface area contributed by atoms with Crippen molar-refractivity contribution in [2.24, 2.45) is 0 Å². The molecule has 5 rings (SSSR count). The maximum absolute atomic E-state index is 13.7. The fraction of sp³-hybridized carbons (Fsp3) is 0.160. The Balaban J connectivity index is 1.65. The minimum absolute atomic E-state index is 0.0307. The third-order valence-corrected chi connectivity index (χ3v) is 5.50. The van der Waals surface area contributed by atoms with Gasteiger partial charge in [-0.05, 0) is 48.9 Å². The van der Waals surface area contributed by atoms with Crippen LogP contribution in [0.4, 0.5) is 10.3 Å². The molecule has 8 nitrogen and oxygen atoms in total. The monoisotopic (exact) mass is 461 g/mol. The Kier molecular flexibility index (Phi) is 5.37. The number of nitrogens with zero attached hydrogens (tertiary/aromatic N) is 2. The molecule has 2 aromatic carbocycles. The molecule has 0 spiro atoms. The van der Waals surface area contributed by atoms with E-state index in [4.69, 9.17) is 9.15 Å². The number of carbonyl (C=O) groups is 2. The highest BCUT2D eigenvalue weighted by atomic mass is 19.1. The molecule has 2 N–H and O–H groups in total. The number of ketones is 1. The molecular formula is C25H20FN3O5. The number of rotatable bonds is 6. The average molecular weight is 461 g/mol. The number of halogens is 1. The third-order valence-electron chi connectivity index (χ3n) is 5.50. The molecule has 1 fully saturated rings. The average Bonchev–Trinajstić information content (AvgIpc) is 3.56. The van der Waals surface area contributed by atoms with Crippen LogP contribution in [0.25, 0.3) is 16.8 Å². The van der Waals surface area contributed by atoms with Gasteiger partial charge >= 0.3 is 5.91 Å². The number of hydrogen-bond donors (Lipinski definition) is 2. The number of fused-ring (bicyclic) bond motifs is 1. The van der Waals surface area contributed by atoms with Crippen LogP contribution in [0.3, 0.4) is 0 Å². The van der Waals surface area contributed by atoms with Crippen LogP contribution in [0.15, 0.2) is 70.9 Å². The molecule has 172 valence electrons. The maximum atomic E-state index is 13.7. The lowest BCUT2D eigenvalue weighted by atomic mass is 9.99. The van der Waals surface area contributed by atoms with E-state index in [0.717, 1.165) is 11.3 Å². The maximum Gasteiger partial charge on any atom is 0.302 e. The van der Waals surface area contributed by atoms with Crippen LogP contribution in [0.1, 0.15) is 30.7 Å². The molecule has 0 saturated carbocycles. The van der Waals surface area contributed by atoms with Crippen molar-refractivity contribution in [3.63, 3.8) is 0 Å². The number of Topliss-reactive ketones (excluding diaryl/α,β-unsaturated/α-hetero) is 1. The molecular weight excluding hydrogens is 441 g/mol. The Bertz CT molecular complexity index is 1420. The number of anilines is 1. The molecule has 34 heavy (non-hydrogen) atoms. The summed E-state index contributed by atoms with van der Waals surface area (Å²) in [5, 5.41) is 11.2. The number of nitrogens with one attached hydrogen (secondary N) is 1. The van der Waals surface area contributed by atoms with Gasteiger partial charge in [-0.1, -0.05) is 19.1 Å². The standard InChI is InChI=1S/C25H20FN3O5/c1-2-10-33-16-6-3-5-14(12-16)22(30)20-21(19-7-4-11-34-19)29(24(32)23(20)31)25-27-17-9-8-15(26)13-18(17)28-25/h3-9,11-13,21,30H,2,10H2,1H3,(H,27,28)/b22-20+. The van der Waals surface area contributed by atoms with Crippen LogP contribution in [0.2, 0.25) is 0 Å². The zero-order valence-corrected chi connectivity index (χ0v) is 18.1. The molecule has 2 aromatic heterocycles. The summed E-state index contributed by atoms with van der Waals surface area (Å²) in [5.41, 5.74) is 0.933. The van der Waals surface area contributed by atoms with Gasteiger partial charge in [0.2, 0.25) is 5.95 Å². The zero-order chi connectivity index (χ0) is 23.8. The van der Waals surface area contributed by atoms with Crippen LogP contribution in [0, 0.1) is 5.82 Å². The number of carbonyl (C=O) groups excluding carboxylic acids is 2. The van der Waals surface area contributed by atoms with Gasteiger partial charge in [-0.3, -0.25) is 14.5 Å². The van der Waals surface area contributed by atoms with Gasteiger partial charge in [-0.2, -0.15) is 0 Å². The fourth-order valence-corrected chi connectivity index (χ4v) is 3.96. The van der Waals surface area contributed by atoms with Gasteiger partial charge in [0.1, 0.15) is 29.1 Å². The van der Waals surface area contributed by atoms with Crippen LogP contribution < -0.4 is 9.64 Å². The highest BCUT2D eigenvalue weighted by Gasteiger charge is 2.49. The summed E-state index contributed by atoms with van der Waals surface area (Å²) in [5.74, 6) is -1.84. The number of ether oxygens (including phenoxy) is 1. The van der Waals surface area contributed by atoms with E-state index in [1.54, 1.807) is 36.4 Å². The topological polar surface area (TPSA) is 109 Å². The number of aromatic nitrogens is 2. The molecule has 0 bridgehead atoms. The van der Waals surface area contributed by atoms with Gasteiger partial charge in [0.15, 0.2) is 0 Å². The molecule has 4 aromatic rings. The summed E-state index contributed by atoms with van der Waals surface area (Å²) in [6, 6.07) is 12.7. The Hall–Kier alpha value is -4.40. The van der Waals surface area contributed by atoms with E-state index in [2.05, 4.69) is 9.97 Å². The highest BCUT2D eigenvalue weighted by molar-refractivity contribution is 6.51. The van der Waals surface area contributed by atoms with E-state index in [-0.39, 0.29) is 23.0 Å². The fourth-order valence-electron chi connectivity index (χ4n) is 3.96. The molecule has 1 unspecified atom stereocenters. The van der Waals surface area contributed by atoms with E-state index in [1.165, 1.54) is 24.5 Å². The smallest absolute Gasteiger partial charge is 0.302 e. The molecule has 1 aliphatic rings. The summed E-state index contributed by atoms with van der Waals surface area (Å²) in [4.78, 5) is 34.7. The summed E-state index contributed by atoms with van der Waals surface area (Å²) >= 11 is 0. The lowest BCUT2D eigenvalue weighted by molar-refractivity contribution is -0.132. The first-order valence-corrected chi connectivity index (χ1v) is 10.7. The normalized spacial score (nSPS) is 17.6. The van der Waals surface area contributed by atoms with Gasteiger partial charge in [0.05, 0.1) is 29.5 Å². The number of furan rings is 1. The predicted octanol–water partition coefficient (Wildman–Crippen LogP) is 4.71. The van der Waals surface area contributed by atoms with Crippen LogP contribution >= 0.6 is 0 Å². The van der Waals surface area contributed by atoms with Crippen molar-refractivity contribution in [3.05, 3.63) is 83.6 Å². The van der Waals surface area contributed by atoms with E-state index in [0.29, 0.717) is 29.0 Å². The minimum Gasteiger partial charge on any atom is -0.507 e. The number of imidazole rings is 1. The minimum atomic E-state index is -1.08. The van der Waals surface area contributed by atoms with Crippen molar-refractivity contribution in [1.82, 2.24) is 9.97 Å². The molecule has 9 heteroatoms. The number of aliphatic hydroxyl groups excluding tert-OH is 1. The Morgan fingerprint density at radius 2 is 2.06 bits per heavy atom. The molecule has 0 aliphatic carbocycles. The number of hydrogen-bond acceptors (Lipinski definition) is 6. The molecule has 1 amide bonds.